The Morgan fingerprint density at radius 1 is 1.00 bits per heavy atom. The number of hydrogen-bond donors (Lipinski definition) is 2. The lowest BCUT2D eigenvalue weighted by atomic mass is 10.1. The number of aryl methyl sites for hydroxylation is 1. The molecule has 33 heavy (non-hydrogen) atoms. The van der Waals surface area contributed by atoms with Crippen molar-refractivity contribution in [3.05, 3.63) is 94.9 Å². The molecule has 2 N–H and O–H groups in total. The first-order valence-corrected chi connectivity index (χ1v) is 10.5. The van der Waals surface area contributed by atoms with Crippen molar-refractivity contribution in [3.8, 4) is 16.9 Å². The quantitative estimate of drug-likeness (QED) is 0.390. The van der Waals surface area contributed by atoms with Crippen molar-refractivity contribution >= 4 is 34.8 Å². The summed E-state index contributed by atoms with van der Waals surface area (Å²) in [4.78, 5) is 24.5. The van der Waals surface area contributed by atoms with E-state index in [2.05, 4.69) is 15.7 Å². The van der Waals surface area contributed by atoms with Crippen molar-refractivity contribution in [1.29, 1.82) is 0 Å². The van der Waals surface area contributed by atoms with Crippen LogP contribution in [-0.4, -0.2) is 21.6 Å². The Hall–Kier alpha value is -3.97. The molecular weight excluding hydrogens is 443 g/mol. The molecule has 0 radical (unpaired) electrons. The smallest absolute Gasteiger partial charge is 0.259 e. The fraction of sp³-hybridized carbons (Fsp3) is 0.0800. The zero-order chi connectivity index (χ0) is 23.5. The second-order valence-electron chi connectivity index (χ2n) is 7.51. The number of carbonyl (C=O) groups is 2. The molecule has 1 aromatic heterocycles. The second kappa shape index (κ2) is 9.26. The highest BCUT2D eigenvalue weighted by Crippen LogP contribution is 2.28. The van der Waals surface area contributed by atoms with Crippen molar-refractivity contribution in [1.82, 2.24) is 9.78 Å². The minimum atomic E-state index is -0.386. The van der Waals surface area contributed by atoms with Gasteiger partial charge in [0.05, 0.1) is 22.0 Å². The second-order valence-corrected chi connectivity index (χ2v) is 7.92. The van der Waals surface area contributed by atoms with Crippen molar-refractivity contribution in [2.45, 2.75) is 13.8 Å². The Labute approximate surface area is 195 Å². The van der Waals surface area contributed by atoms with Crippen LogP contribution in [0.25, 0.3) is 16.9 Å². The van der Waals surface area contributed by atoms with Crippen LogP contribution in [0.4, 0.5) is 15.8 Å². The molecule has 0 saturated heterocycles. The number of hydrogen-bond acceptors (Lipinski definition) is 3. The summed E-state index contributed by atoms with van der Waals surface area (Å²) in [6, 6.07) is 18.3. The van der Waals surface area contributed by atoms with E-state index < -0.39 is 0 Å². The van der Waals surface area contributed by atoms with Gasteiger partial charge >= 0.3 is 0 Å². The zero-order valence-electron chi connectivity index (χ0n) is 17.9. The number of nitrogens with zero attached hydrogens (tertiary/aromatic N) is 2. The summed E-state index contributed by atoms with van der Waals surface area (Å²) in [6.07, 6.45) is 1.60. The molecule has 2 amide bonds. The summed E-state index contributed by atoms with van der Waals surface area (Å²) in [5.41, 5.74) is 4.16. The van der Waals surface area contributed by atoms with Gasteiger partial charge in [-0.15, -0.1) is 0 Å². The fourth-order valence-electron chi connectivity index (χ4n) is 3.35. The molecule has 0 atom stereocenters. The van der Waals surface area contributed by atoms with Crippen LogP contribution in [0, 0.1) is 12.7 Å². The Morgan fingerprint density at radius 3 is 2.42 bits per heavy atom. The van der Waals surface area contributed by atoms with E-state index in [4.69, 9.17) is 11.6 Å². The van der Waals surface area contributed by atoms with E-state index in [1.165, 1.54) is 19.1 Å². The van der Waals surface area contributed by atoms with Gasteiger partial charge in [-0.3, -0.25) is 9.59 Å². The van der Waals surface area contributed by atoms with E-state index in [0.29, 0.717) is 33.3 Å². The first-order chi connectivity index (χ1) is 15.8. The predicted octanol–water partition coefficient (Wildman–Crippen LogP) is 5.85. The number of nitrogens with one attached hydrogen (secondary N) is 2. The van der Waals surface area contributed by atoms with E-state index in [1.807, 2.05) is 31.2 Å². The highest BCUT2D eigenvalue weighted by atomic mass is 35.5. The van der Waals surface area contributed by atoms with Gasteiger partial charge in [-0.25, -0.2) is 9.07 Å². The summed E-state index contributed by atoms with van der Waals surface area (Å²) in [5.74, 6) is -0.990. The Kier molecular flexibility index (Phi) is 6.24. The highest BCUT2D eigenvalue weighted by molar-refractivity contribution is 6.34. The number of halogens is 2. The number of benzene rings is 3. The van der Waals surface area contributed by atoms with Gasteiger partial charge in [-0.1, -0.05) is 35.4 Å². The van der Waals surface area contributed by atoms with Crippen molar-refractivity contribution < 1.29 is 14.0 Å². The van der Waals surface area contributed by atoms with E-state index in [0.717, 1.165) is 11.1 Å². The maximum atomic E-state index is 13.4. The van der Waals surface area contributed by atoms with Gasteiger partial charge in [0.25, 0.3) is 5.91 Å². The summed E-state index contributed by atoms with van der Waals surface area (Å²) in [7, 11) is 0. The fourth-order valence-corrected chi connectivity index (χ4v) is 3.58. The molecule has 0 spiro atoms. The average molecular weight is 463 g/mol. The van der Waals surface area contributed by atoms with Gasteiger partial charge in [0.1, 0.15) is 11.5 Å². The largest absolute Gasteiger partial charge is 0.325 e. The van der Waals surface area contributed by atoms with Gasteiger partial charge in [0.15, 0.2) is 0 Å². The lowest BCUT2D eigenvalue weighted by Crippen LogP contribution is -2.13. The van der Waals surface area contributed by atoms with Crippen molar-refractivity contribution in [2.24, 2.45) is 0 Å². The van der Waals surface area contributed by atoms with Crippen LogP contribution >= 0.6 is 11.6 Å². The van der Waals surface area contributed by atoms with Crippen molar-refractivity contribution in [2.75, 3.05) is 10.6 Å². The molecular formula is C25H20ClFN4O2. The number of anilines is 2. The van der Waals surface area contributed by atoms with E-state index >= 15 is 0 Å². The number of aromatic nitrogens is 2. The average Bonchev–Trinajstić information content (AvgIpc) is 3.22. The monoisotopic (exact) mass is 462 g/mol. The first-order valence-electron chi connectivity index (χ1n) is 10.1. The summed E-state index contributed by atoms with van der Waals surface area (Å²) < 4.78 is 14.9. The molecule has 0 unspecified atom stereocenters. The Morgan fingerprint density at radius 2 is 1.76 bits per heavy atom. The van der Waals surface area contributed by atoms with Crippen LogP contribution < -0.4 is 10.6 Å². The zero-order valence-corrected chi connectivity index (χ0v) is 18.7. The number of amides is 2. The highest BCUT2D eigenvalue weighted by Gasteiger charge is 2.19. The summed E-state index contributed by atoms with van der Waals surface area (Å²) in [6.45, 7) is 3.34. The van der Waals surface area contributed by atoms with Gasteiger partial charge in [-0.05, 0) is 55.5 Å². The molecule has 0 aliphatic carbocycles. The third-order valence-corrected chi connectivity index (χ3v) is 5.19. The van der Waals surface area contributed by atoms with Crippen molar-refractivity contribution in [3.63, 3.8) is 0 Å². The summed E-state index contributed by atoms with van der Waals surface area (Å²) in [5, 5.41) is 10.4. The maximum absolute atomic E-state index is 13.4. The molecule has 8 heteroatoms. The van der Waals surface area contributed by atoms with Crippen LogP contribution in [0.15, 0.2) is 72.9 Å². The SMILES string of the molecule is CC(=O)Nc1ccc(NC(=O)c2cn(-c3ccc(F)cc3)nc2-c2cccc(C)c2)cc1Cl. The Balaban J connectivity index is 1.70. The molecule has 4 rings (SSSR count). The minimum Gasteiger partial charge on any atom is -0.325 e. The molecule has 3 aromatic carbocycles. The molecule has 166 valence electrons. The molecule has 1 heterocycles. The number of carbonyl (C=O) groups excluding carboxylic acids is 2. The maximum Gasteiger partial charge on any atom is 0.259 e. The molecule has 0 aliphatic heterocycles. The third-order valence-electron chi connectivity index (χ3n) is 4.88. The lowest BCUT2D eigenvalue weighted by Gasteiger charge is -2.09. The predicted molar refractivity (Wildman–Crippen MR) is 127 cm³/mol. The molecule has 0 saturated carbocycles. The Bertz CT molecular complexity index is 1350. The number of rotatable bonds is 5. The molecule has 0 fully saturated rings. The third kappa shape index (κ3) is 5.10. The molecule has 0 bridgehead atoms. The van der Waals surface area contributed by atoms with Crippen LogP contribution in [-0.2, 0) is 4.79 Å². The van der Waals surface area contributed by atoms with Gasteiger partial charge in [0, 0.05) is 24.4 Å². The normalized spacial score (nSPS) is 10.7. The minimum absolute atomic E-state index is 0.246. The lowest BCUT2D eigenvalue weighted by molar-refractivity contribution is -0.114. The van der Waals surface area contributed by atoms with Gasteiger partial charge in [0.2, 0.25) is 5.91 Å². The molecule has 6 nitrogen and oxygen atoms in total. The van der Waals surface area contributed by atoms with E-state index in [1.54, 1.807) is 41.2 Å². The topological polar surface area (TPSA) is 76.0 Å². The molecule has 0 aliphatic rings. The van der Waals surface area contributed by atoms with E-state index in [9.17, 15) is 14.0 Å². The standard InChI is InChI=1S/C25H20ClFN4O2/c1-15-4-3-5-17(12-15)24-21(14-31(30-24)20-9-6-18(27)7-10-20)25(33)29-19-8-11-23(22(26)13-19)28-16(2)32/h3-14H,1-2H3,(H,28,32)(H,29,33). The van der Waals surface area contributed by atoms with Gasteiger partial charge < -0.3 is 10.6 Å². The molecule has 4 aromatic rings. The van der Waals surface area contributed by atoms with Crippen LogP contribution in [0.5, 0.6) is 0 Å². The van der Waals surface area contributed by atoms with Crippen LogP contribution in [0.3, 0.4) is 0 Å². The van der Waals surface area contributed by atoms with Gasteiger partial charge in [-0.2, -0.15) is 5.10 Å². The van der Waals surface area contributed by atoms with Crippen LogP contribution in [0.1, 0.15) is 22.8 Å². The summed E-state index contributed by atoms with van der Waals surface area (Å²) >= 11 is 6.23. The van der Waals surface area contributed by atoms with E-state index in [-0.39, 0.29) is 17.6 Å². The first kappa shape index (κ1) is 22.2. The van der Waals surface area contributed by atoms with Crippen LogP contribution in [0.2, 0.25) is 5.02 Å².